The molecule has 0 aliphatic heterocycles. The average molecular weight is 752 g/mol. The van der Waals surface area contributed by atoms with Gasteiger partial charge in [0.2, 0.25) is 0 Å². The minimum Gasteiger partial charge on any atom is -0.465 e. The monoisotopic (exact) mass is 750 g/mol. The highest BCUT2D eigenvalue weighted by molar-refractivity contribution is 7.90. The number of rotatable bonds is 10. The number of nitrogens with zero attached hydrogens (tertiary/aromatic N) is 4. The molecule has 4 rings (SSSR count). The molecule has 3 aromatic rings. The molecule has 1 saturated carbocycles. The zero-order valence-corrected chi connectivity index (χ0v) is 28.2. The maximum Gasteiger partial charge on any atom is 0.355 e. The summed E-state index contributed by atoms with van der Waals surface area (Å²) < 4.78 is 68.5. The number of esters is 1. The van der Waals surface area contributed by atoms with E-state index in [1.165, 1.54) is 6.92 Å². The van der Waals surface area contributed by atoms with Crippen molar-refractivity contribution in [1.82, 2.24) is 14.3 Å². The minimum absolute atomic E-state index is 0.0424. The molecule has 264 valence electrons. The number of benzene rings is 2. The van der Waals surface area contributed by atoms with E-state index in [-0.39, 0.29) is 57.4 Å². The number of nitro groups is 1. The first kappa shape index (κ1) is 39.0. The van der Waals surface area contributed by atoms with E-state index in [0.29, 0.717) is 11.1 Å². The van der Waals surface area contributed by atoms with Crippen molar-refractivity contribution in [2.24, 2.45) is 5.92 Å². The second-order valence-corrected chi connectivity index (χ2v) is 13.4. The highest BCUT2D eigenvalue weighted by Crippen LogP contribution is 2.29. The molecule has 0 saturated heterocycles. The predicted octanol–water partition coefficient (Wildman–Crippen LogP) is 4.36. The fourth-order valence-corrected chi connectivity index (χ4v) is 5.82. The van der Waals surface area contributed by atoms with Gasteiger partial charge in [-0.2, -0.15) is 13.5 Å². The van der Waals surface area contributed by atoms with Crippen LogP contribution in [0.5, 0.6) is 0 Å². The van der Waals surface area contributed by atoms with Crippen LogP contribution in [-0.2, 0) is 35.4 Å². The van der Waals surface area contributed by atoms with Crippen molar-refractivity contribution in [3.05, 3.63) is 78.7 Å². The molecule has 14 nitrogen and oxygen atoms in total. The lowest BCUT2D eigenvalue weighted by molar-refractivity contribution is -0.385. The Hall–Kier alpha value is -4.42. The summed E-state index contributed by atoms with van der Waals surface area (Å²) >= 11 is 11.9. The maximum absolute atomic E-state index is 14.2. The zero-order valence-electron chi connectivity index (χ0n) is 25.8. The molecule has 0 spiro atoms. The van der Waals surface area contributed by atoms with Gasteiger partial charge in [-0.25, -0.2) is 22.2 Å². The van der Waals surface area contributed by atoms with Gasteiger partial charge >= 0.3 is 18.2 Å². The summed E-state index contributed by atoms with van der Waals surface area (Å²) in [6.07, 6.45) is 1.25. The van der Waals surface area contributed by atoms with Gasteiger partial charge < -0.3 is 4.74 Å². The van der Waals surface area contributed by atoms with E-state index in [4.69, 9.17) is 27.9 Å². The first-order valence-corrected chi connectivity index (χ1v) is 16.8. The van der Waals surface area contributed by atoms with Crippen LogP contribution in [0.25, 0.3) is 5.69 Å². The summed E-state index contributed by atoms with van der Waals surface area (Å²) in [6.45, 7) is -0.195. The number of sulfone groups is 1. The summed E-state index contributed by atoms with van der Waals surface area (Å²) in [5.74, 6) is -5.53. The van der Waals surface area contributed by atoms with Crippen LogP contribution < -0.4 is 5.69 Å². The number of carbonyl (C=O) groups is 4. The van der Waals surface area contributed by atoms with Gasteiger partial charge in [-0.3, -0.25) is 29.3 Å². The minimum atomic E-state index is -3.70. The Morgan fingerprint density at radius 2 is 1.76 bits per heavy atom. The third-order valence-corrected chi connectivity index (χ3v) is 8.87. The van der Waals surface area contributed by atoms with Crippen molar-refractivity contribution in [1.29, 1.82) is 0 Å². The molecule has 0 bridgehead atoms. The van der Waals surface area contributed by atoms with Crippen molar-refractivity contribution in [2.45, 2.75) is 56.4 Å². The fourth-order valence-electron chi connectivity index (χ4n) is 4.72. The summed E-state index contributed by atoms with van der Waals surface area (Å²) in [6, 6.07) is 4.82. The van der Waals surface area contributed by atoms with Crippen LogP contribution in [0.15, 0.2) is 40.0 Å². The molecule has 0 radical (unpaired) electrons. The van der Waals surface area contributed by atoms with E-state index in [2.05, 4.69) is 5.10 Å². The fraction of sp³-hybridized carbons (Fsp3) is 0.379. The predicted molar refractivity (Wildman–Crippen MR) is 167 cm³/mol. The molecule has 1 atom stereocenters. The summed E-state index contributed by atoms with van der Waals surface area (Å²) in [5, 5.41) is 13.7. The lowest BCUT2D eigenvalue weighted by atomic mass is 9.81. The molecule has 1 heterocycles. The van der Waals surface area contributed by atoms with Crippen molar-refractivity contribution >= 4 is 62.0 Å². The summed E-state index contributed by atoms with van der Waals surface area (Å²) in [5.41, 5.74) is -2.53. The number of hydrogen-bond donors (Lipinski definition) is 0. The van der Waals surface area contributed by atoms with E-state index in [1.807, 2.05) is 0 Å². The molecule has 1 aromatic heterocycles. The van der Waals surface area contributed by atoms with Crippen LogP contribution >= 0.6 is 23.2 Å². The highest BCUT2D eigenvalue weighted by atomic mass is 35.5. The molecule has 0 amide bonds. The molecule has 0 N–H and O–H groups in total. The SMILES string of the molecule is CCOC(=O)C(Cl)Cc1cc(-n2nc(C)n(C(F)F)c2=O)c(F)cc1Cl.CS(=O)(=O)c1ccc(C(=O)C2C(=O)CCCC2=O)c([N+](=O)[O-])c1. The molecular formula is C29H27Cl2F3N4O10S. The Balaban J connectivity index is 0.000000267. The zero-order chi connectivity index (χ0) is 37.0. The van der Waals surface area contributed by atoms with Gasteiger partial charge in [-0.05, 0) is 50.1 Å². The molecule has 20 heteroatoms. The number of alkyl halides is 3. The van der Waals surface area contributed by atoms with Gasteiger partial charge in [0.15, 0.2) is 33.0 Å². The number of Topliss-reactive ketones (excluding diaryl/α,β-unsaturated/α-hetero) is 3. The largest absolute Gasteiger partial charge is 0.465 e. The van der Waals surface area contributed by atoms with Crippen molar-refractivity contribution in [3.8, 4) is 5.69 Å². The number of aromatic nitrogens is 3. The topological polar surface area (TPSA) is 195 Å². The maximum atomic E-state index is 14.2. The Kier molecular flexibility index (Phi) is 12.6. The summed E-state index contributed by atoms with van der Waals surface area (Å²) in [7, 11) is -3.70. The third kappa shape index (κ3) is 8.98. The molecule has 2 aromatic carbocycles. The number of halogens is 5. The Labute approximate surface area is 285 Å². The van der Waals surface area contributed by atoms with E-state index < -0.39 is 78.7 Å². The van der Waals surface area contributed by atoms with Crippen LogP contribution in [0.4, 0.5) is 18.9 Å². The average Bonchev–Trinajstić information content (AvgIpc) is 3.31. The van der Waals surface area contributed by atoms with E-state index in [1.54, 1.807) is 6.92 Å². The van der Waals surface area contributed by atoms with Crippen LogP contribution in [0.1, 0.15) is 54.5 Å². The Morgan fingerprint density at radius 1 is 1.14 bits per heavy atom. The first-order valence-electron chi connectivity index (χ1n) is 14.1. The molecule has 1 aliphatic carbocycles. The van der Waals surface area contributed by atoms with Crippen LogP contribution in [0.3, 0.4) is 0 Å². The van der Waals surface area contributed by atoms with E-state index in [9.17, 15) is 55.7 Å². The highest BCUT2D eigenvalue weighted by Gasteiger charge is 2.39. The van der Waals surface area contributed by atoms with Gasteiger partial charge in [0.05, 0.1) is 22.0 Å². The quantitative estimate of drug-likeness (QED) is 0.0713. The first-order chi connectivity index (χ1) is 22.8. The van der Waals surface area contributed by atoms with Crippen molar-refractivity contribution in [3.63, 3.8) is 0 Å². The van der Waals surface area contributed by atoms with Gasteiger partial charge in [0.25, 0.3) is 5.69 Å². The lowest BCUT2D eigenvalue weighted by Crippen LogP contribution is -2.35. The Bertz CT molecular complexity index is 1980. The van der Waals surface area contributed by atoms with E-state index >= 15 is 0 Å². The summed E-state index contributed by atoms with van der Waals surface area (Å²) in [4.78, 5) is 69.7. The van der Waals surface area contributed by atoms with Gasteiger partial charge in [-0.1, -0.05) is 11.6 Å². The number of carbonyl (C=O) groups excluding carboxylic acids is 4. The van der Waals surface area contributed by atoms with Gasteiger partial charge in [-0.15, -0.1) is 16.7 Å². The molecule has 1 unspecified atom stereocenters. The normalized spacial score (nSPS) is 14.3. The second kappa shape index (κ2) is 15.9. The van der Waals surface area contributed by atoms with Gasteiger partial charge in [0, 0.05) is 36.6 Å². The molecular weight excluding hydrogens is 724 g/mol. The number of ether oxygens (including phenoxy) is 1. The number of hydrogen-bond acceptors (Lipinski definition) is 11. The van der Waals surface area contributed by atoms with Crippen LogP contribution in [0.2, 0.25) is 5.02 Å². The smallest absolute Gasteiger partial charge is 0.355 e. The van der Waals surface area contributed by atoms with Crippen molar-refractivity contribution in [2.75, 3.05) is 12.9 Å². The third-order valence-electron chi connectivity index (χ3n) is 7.07. The number of ketones is 3. The number of nitro benzene ring substituents is 1. The lowest BCUT2D eigenvalue weighted by Gasteiger charge is -2.18. The molecule has 49 heavy (non-hydrogen) atoms. The second-order valence-electron chi connectivity index (χ2n) is 10.5. The standard InChI is InChI=1S/C15H14Cl2F3N3O3.C14H13NO7S/c1-3-26-13(24)10(17)4-8-5-12(11(18)6-9(8)16)23-15(25)22(14(19)20)7(2)21-23;1-23(21,22)8-5-6-9(10(7-8)15(19)20)14(18)13-11(16)3-2-4-12(13)17/h5-6,10,14H,3-4H2,1-2H3;5-7,13H,2-4H2,1H3. The van der Waals surface area contributed by atoms with Crippen LogP contribution in [0, 0.1) is 28.8 Å². The van der Waals surface area contributed by atoms with E-state index in [0.717, 1.165) is 36.6 Å². The molecule has 1 fully saturated rings. The Morgan fingerprint density at radius 3 is 2.27 bits per heavy atom. The van der Waals surface area contributed by atoms with Gasteiger partial charge in [0.1, 0.15) is 22.8 Å². The number of aryl methyl sites for hydroxylation is 1. The van der Waals surface area contributed by atoms with Crippen LogP contribution in [-0.4, -0.2) is 69.2 Å². The van der Waals surface area contributed by atoms with Crippen molar-refractivity contribution < 1.29 is 50.4 Å². The molecule has 1 aliphatic rings.